The number of imidazole rings is 1. The van der Waals surface area contributed by atoms with E-state index in [2.05, 4.69) is 30.7 Å². The van der Waals surface area contributed by atoms with Crippen LogP contribution in [0.15, 0.2) is 24.4 Å². The van der Waals surface area contributed by atoms with E-state index < -0.39 is 5.97 Å². The molecule has 2 aromatic heterocycles. The predicted molar refractivity (Wildman–Crippen MR) is 73.4 cm³/mol. The maximum Gasteiger partial charge on any atom is 0.372 e. The van der Waals surface area contributed by atoms with E-state index in [1.165, 1.54) is 0 Å². The molecule has 1 N–H and O–H groups in total. The van der Waals surface area contributed by atoms with E-state index in [0.717, 1.165) is 11.2 Å². The fourth-order valence-electron chi connectivity index (χ4n) is 1.83. The SMILES string of the molecule is CN(Cc1nc(C(=O)O)n2ccccc12)C(C)(C)C. The molecule has 0 unspecified atom stereocenters. The second-order valence-corrected chi connectivity index (χ2v) is 5.67. The van der Waals surface area contributed by atoms with Gasteiger partial charge in [-0.1, -0.05) is 6.07 Å². The molecule has 102 valence electrons. The third-order valence-corrected chi connectivity index (χ3v) is 3.35. The smallest absolute Gasteiger partial charge is 0.372 e. The van der Waals surface area contributed by atoms with Crippen molar-refractivity contribution < 1.29 is 9.90 Å². The molecule has 5 heteroatoms. The largest absolute Gasteiger partial charge is 0.475 e. The number of hydrogen-bond donors (Lipinski definition) is 1. The molecule has 0 fully saturated rings. The first kappa shape index (κ1) is 13.5. The summed E-state index contributed by atoms with van der Waals surface area (Å²) < 4.78 is 1.62. The van der Waals surface area contributed by atoms with Gasteiger partial charge in [0, 0.05) is 18.3 Å². The molecule has 5 nitrogen and oxygen atoms in total. The molecule has 0 amide bonds. The second-order valence-electron chi connectivity index (χ2n) is 5.67. The maximum absolute atomic E-state index is 11.2. The van der Waals surface area contributed by atoms with Crippen LogP contribution in [-0.2, 0) is 6.54 Å². The lowest BCUT2D eigenvalue weighted by atomic mass is 10.1. The van der Waals surface area contributed by atoms with Crippen molar-refractivity contribution in [3.05, 3.63) is 35.9 Å². The van der Waals surface area contributed by atoms with Crippen LogP contribution in [0, 0.1) is 0 Å². The minimum atomic E-state index is -1.01. The van der Waals surface area contributed by atoms with E-state index in [4.69, 9.17) is 0 Å². The first-order chi connectivity index (χ1) is 8.80. The van der Waals surface area contributed by atoms with Crippen LogP contribution in [0.4, 0.5) is 0 Å². The van der Waals surface area contributed by atoms with Crippen molar-refractivity contribution in [2.75, 3.05) is 7.05 Å². The van der Waals surface area contributed by atoms with Crippen molar-refractivity contribution in [3.8, 4) is 0 Å². The molecule has 0 saturated heterocycles. The van der Waals surface area contributed by atoms with E-state index in [1.54, 1.807) is 16.7 Å². The molecular formula is C14H19N3O2. The highest BCUT2D eigenvalue weighted by atomic mass is 16.4. The van der Waals surface area contributed by atoms with Gasteiger partial charge in [-0.25, -0.2) is 9.78 Å². The normalized spacial score (nSPS) is 12.3. The molecule has 0 spiro atoms. The third kappa shape index (κ3) is 2.61. The average molecular weight is 261 g/mol. The highest BCUT2D eigenvalue weighted by Crippen LogP contribution is 2.19. The molecule has 0 atom stereocenters. The minimum absolute atomic E-state index is 0.00804. The molecule has 2 heterocycles. The van der Waals surface area contributed by atoms with Crippen LogP contribution in [-0.4, -0.2) is 37.9 Å². The van der Waals surface area contributed by atoms with Crippen molar-refractivity contribution in [2.24, 2.45) is 0 Å². The number of carbonyl (C=O) groups is 1. The lowest BCUT2D eigenvalue weighted by molar-refractivity contribution is 0.0682. The van der Waals surface area contributed by atoms with Gasteiger partial charge in [-0.3, -0.25) is 9.30 Å². The summed E-state index contributed by atoms with van der Waals surface area (Å²) in [4.78, 5) is 17.6. The number of rotatable bonds is 3. The van der Waals surface area contributed by atoms with Crippen LogP contribution in [0.25, 0.3) is 5.52 Å². The van der Waals surface area contributed by atoms with Gasteiger partial charge < -0.3 is 5.11 Å². The van der Waals surface area contributed by atoms with Gasteiger partial charge in [0.2, 0.25) is 5.82 Å². The molecular weight excluding hydrogens is 242 g/mol. The summed E-state index contributed by atoms with van der Waals surface area (Å²) in [6.45, 7) is 6.96. The van der Waals surface area contributed by atoms with Gasteiger partial charge in [0.15, 0.2) is 0 Å². The first-order valence-corrected chi connectivity index (χ1v) is 6.21. The molecule has 0 aromatic carbocycles. The number of aromatic nitrogens is 2. The molecule has 0 saturated carbocycles. The standard InChI is InChI=1S/C14H19N3O2/c1-14(2,3)16(4)9-10-11-7-5-6-8-17(11)12(15-10)13(18)19/h5-8H,9H2,1-4H3,(H,18,19). The van der Waals surface area contributed by atoms with Crippen molar-refractivity contribution in [3.63, 3.8) is 0 Å². The second kappa shape index (κ2) is 4.66. The van der Waals surface area contributed by atoms with Crippen LogP contribution < -0.4 is 0 Å². The molecule has 0 aliphatic carbocycles. The Morgan fingerprint density at radius 3 is 2.68 bits per heavy atom. The van der Waals surface area contributed by atoms with Gasteiger partial charge in [-0.2, -0.15) is 0 Å². The summed E-state index contributed by atoms with van der Waals surface area (Å²) >= 11 is 0. The highest BCUT2D eigenvalue weighted by molar-refractivity contribution is 5.85. The van der Waals surface area contributed by atoms with Gasteiger partial charge in [-0.15, -0.1) is 0 Å². The van der Waals surface area contributed by atoms with Crippen LogP contribution in [0.3, 0.4) is 0 Å². The quantitative estimate of drug-likeness (QED) is 0.920. The molecule has 2 aromatic rings. The Bertz CT molecular complexity index is 611. The van der Waals surface area contributed by atoms with Crippen LogP contribution in [0.1, 0.15) is 37.1 Å². The summed E-state index contributed by atoms with van der Waals surface area (Å²) in [5, 5.41) is 9.19. The first-order valence-electron chi connectivity index (χ1n) is 6.21. The lowest BCUT2D eigenvalue weighted by Crippen LogP contribution is -2.37. The fourth-order valence-corrected chi connectivity index (χ4v) is 1.83. The Balaban J connectivity index is 2.47. The Hall–Kier alpha value is -1.88. The fraction of sp³-hybridized carbons (Fsp3) is 0.429. The van der Waals surface area contributed by atoms with Crippen LogP contribution >= 0.6 is 0 Å². The summed E-state index contributed by atoms with van der Waals surface area (Å²) in [6, 6.07) is 5.59. The number of carboxylic acid groups (broad SMARTS) is 1. The summed E-state index contributed by atoms with van der Waals surface area (Å²) in [5.41, 5.74) is 1.64. The number of carboxylic acids is 1. The summed E-state index contributed by atoms with van der Waals surface area (Å²) in [5.74, 6) is -0.946. The Kier molecular flexibility index (Phi) is 3.32. The van der Waals surface area contributed by atoms with E-state index in [-0.39, 0.29) is 11.4 Å². The maximum atomic E-state index is 11.2. The Morgan fingerprint density at radius 1 is 1.42 bits per heavy atom. The van der Waals surface area contributed by atoms with Crippen molar-refractivity contribution in [1.82, 2.24) is 14.3 Å². The lowest BCUT2D eigenvalue weighted by Gasteiger charge is -2.31. The third-order valence-electron chi connectivity index (χ3n) is 3.35. The Morgan fingerprint density at radius 2 is 2.11 bits per heavy atom. The van der Waals surface area contributed by atoms with Crippen LogP contribution in [0.5, 0.6) is 0 Å². The van der Waals surface area contributed by atoms with E-state index >= 15 is 0 Å². The van der Waals surface area contributed by atoms with Crippen molar-refractivity contribution >= 4 is 11.5 Å². The number of aromatic carboxylic acids is 1. The zero-order valence-electron chi connectivity index (χ0n) is 11.7. The van der Waals surface area contributed by atoms with Crippen molar-refractivity contribution in [1.29, 1.82) is 0 Å². The molecule has 2 rings (SSSR count). The molecule has 0 bridgehead atoms. The predicted octanol–water partition coefficient (Wildman–Crippen LogP) is 2.26. The number of hydrogen-bond acceptors (Lipinski definition) is 3. The van der Waals surface area contributed by atoms with E-state index in [0.29, 0.717) is 6.54 Å². The monoisotopic (exact) mass is 261 g/mol. The van der Waals surface area contributed by atoms with Gasteiger partial charge in [0.1, 0.15) is 0 Å². The van der Waals surface area contributed by atoms with E-state index in [9.17, 15) is 9.90 Å². The summed E-state index contributed by atoms with van der Waals surface area (Å²) in [6.07, 6.45) is 1.73. The van der Waals surface area contributed by atoms with Gasteiger partial charge in [0.05, 0.1) is 11.2 Å². The molecule has 0 aliphatic heterocycles. The average Bonchev–Trinajstić information content (AvgIpc) is 2.67. The Labute approximate surface area is 112 Å². The zero-order chi connectivity index (χ0) is 14.2. The van der Waals surface area contributed by atoms with Gasteiger partial charge >= 0.3 is 5.97 Å². The highest BCUT2D eigenvalue weighted by Gasteiger charge is 2.21. The molecule has 19 heavy (non-hydrogen) atoms. The van der Waals surface area contributed by atoms with E-state index in [1.807, 2.05) is 19.2 Å². The topological polar surface area (TPSA) is 57.8 Å². The zero-order valence-corrected chi connectivity index (χ0v) is 11.7. The number of nitrogens with zero attached hydrogens (tertiary/aromatic N) is 3. The molecule has 0 radical (unpaired) electrons. The summed E-state index contributed by atoms with van der Waals surface area (Å²) in [7, 11) is 2.01. The van der Waals surface area contributed by atoms with Crippen LogP contribution in [0.2, 0.25) is 0 Å². The van der Waals surface area contributed by atoms with Crippen molar-refractivity contribution in [2.45, 2.75) is 32.9 Å². The van der Waals surface area contributed by atoms with Gasteiger partial charge in [-0.05, 0) is 40.0 Å². The minimum Gasteiger partial charge on any atom is -0.475 e. The molecule has 0 aliphatic rings. The number of fused-ring (bicyclic) bond motifs is 1. The number of pyridine rings is 1. The van der Waals surface area contributed by atoms with Gasteiger partial charge in [0.25, 0.3) is 0 Å².